The third-order valence-corrected chi connectivity index (χ3v) is 4.47. The average molecular weight is 297 g/mol. The van der Waals surface area contributed by atoms with Gasteiger partial charge in [0, 0.05) is 38.3 Å². The molecule has 1 atom stereocenters. The van der Waals surface area contributed by atoms with Crippen LogP contribution in [0.25, 0.3) is 0 Å². The highest BCUT2D eigenvalue weighted by molar-refractivity contribution is 6.30. The molecule has 2 aliphatic heterocycles. The number of hydrogen-bond acceptors (Lipinski definition) is 3. The molecule has 2 saturated heterocycles. The minimum Gasteiger partial charge on any atom is -0.338 e. The van der Waals surface area contributed by atoms with Gasteiger partial charge in [0.1, 0.15) is 0 Å². The molecule has 1 amide bonds. The van der Waals surface area contributed by atoms with Gasteiger partial charge in [0.25, 0.3) is 0 Å². The van der Waals surface area contributed by atoms with Crippen LogP contribution in [0.2, 0.25) is 5.02 Å². The molecule has 0 saturated carbocycles. The Balaban J connectivity index is 1.51. The first-order valence-corrected chi connectivity index (χ1v) is 7.80. The van der Waals surface area contributed by atoms with Crippen molar-refractivity contribution in [3.8, 4) is 0 Å². The smallest absolute Gasteiger partial charge is 0.222 e. The van der Waals surface area contributed by atoms with Crippen molar-refractivity contribution in [2.75, 3.05) is 26.2 Å². The number of hydrogen-bond donors (Lipinski definition) is 0. The van der Waals surface area contributed by atoms with Gasteiger partial charge >= 0.3 is 0 Å². The zero-order valence-corrected chi connectivity index (χ0v) is 12.4. The maximum Gasteiger partial charge on any atom is 0.222 e. The van der Waals surface area contributed by atoms with Gasteiger partial charge in [0.15, 0.2) is 0 Å². The predicted molar refractivity (Wildman–Crippen MR) is 77.6 cm³/mol. The van der Waals surface area contributed by atoms with Gasteiger partial charge in [0.2, 0.25) is 5.91 Å². The minimum atomic E-state index is 0.343. The molecule has 0 aliphatic carbocycles. The summed E-state index contributed by atoms with van der Waals surface area (Å²) in [6.45, 7) is 4.89. The number of likely N-dealkylation sites (tertiary alicyclic amines) is 2. The average Bonchev–Trinajstić information content (AvgIpc) is 3.05. The van der Waals surface area contributed by atoms with Crippen LogP contribution in [-0.2, 0) is 11.3 Å². The number of nitrogens with zero attached hydrogens (tertiary/aromatic N) is 4. The quantitative estimate of drug-likeness (QED) is 0.848. The SMILES string of the molecule is O=C1CCCN1[C@@H]1CCCN(CCn2cc(Cl)cn2)C1. The first-order chi connectivity index (χ1) is 9.72. The van der Waals surface area contributed by atoms with E-state index in [2.05, 4.69) is 14.9 Å². The van der Waals surface area contributed by atoms with Crippen LogP contribution in [0.5, 0.6) is 0 Å². The standard InChI is InChI=1S/C14H21ClN4O/c15-12-9-16-18(10-12)8-7-17-5-1-3-13(11-17)19-6-2-4-14(19)20/h9-10,13H,1-8,11H2/t13-/m1/s1. The van der Waals surface area contributed by atoms with Crippen LogP contribution in [0.15, 0.2) is 12.4 Å². The lowest BCUT2D eigenvalue weighted by atomic mass is 10.0. The zero-order valence-electron chi connectivity index (χ0n) is 11.7. The van der Waals surface area contributed by atoms with Crippen molar-refractivity contribution in [1.82, 2.24) is 19.6 Å². The van der Waals surface area contributed by atoms with Gasteiger partial charge < -0.3 is 4.90 Å². The summed E-state index contributed by atoms with van der Waals surface area (Å²) in [5, 5.41) is 4.89. The summed E-state index contributed by atoms with van der Waals surface area (Å²) in [7, 11) is 0. The van der Waals surface area contributed by atoms with Gasteiger partial charge in [-0.25, -0.2) is 0 Å². The summed E-state index contributed by atoms with van der Waals surface area (Å²) in [5.41, 5.74) is 0. The van der Waals surface area contributed by atoms with E-state index in [1.165, 1.54) is 6.42 Å². The first kappa shape index (κ1) is 13.9. The fourth-order valence-electron chi connectivity index (χ4n) is 3.25. The van der Waals surface area contributed by atoms with Gasteiger partial charge in [-0.15, -0.1) is 0 Å². The predicted octanol–water partition coefficient (Wildman–Crippen LogP) is 1.62. The topological polar surface area (TPSA) is 41.4 Å². The van der Waals surface area contributed by atoms with E-state index in [0.717, 1.165) is 52.0 Å². The van der Waals surface area contributed by atoms with Crippen LogP contribution in [0.1, 0.15) is 25.7 Å². The lowest BCUT2D eigenvalue weighted by molar-refractivity contribution is -0.130. The van der Waals surface area contributed by atoms with Crippen LogP contribution in [0, 0.1) is 0 Å². The number of carbonyl (C=O) groups excluding carboxylic acids is 1. The van der Waals surface area contributed by atoms with Crippen LogP contribution in [0.3, 0.4) is 0 Å². The Labute approximate surface area is 124 Å². The molecule has 2 aliphatic rings. The van der Waals surface area contributed by atoms with E-state index < -0.39 is 0 Å². The van der Waals surface area contributed by atoms with Crippen molar-refractivity contribution in [3.63, 3.8) is 0 Å². The van der Waals surface area contributed by atoms with E-state index >= 15 is 0 Å². The molecule has 6 heteroatoms. The highest BCUT2D eigenvalue weighted by atomic mass is 35.5. The molecule has 20 heavy (non-hydrogen) atoms. The molecule has 0 N–H and O–H groups in total. The monoisotopic (exact) mass is 296 g/mol. The van der Waals surface area contributed by atoms with E-state index in [4.69, 9.17) is 11.6 Å². The largest absolute Gasteiger partial charge is 0.338 e. The Morgan fingerprint density at radius 2 is 2.20 bits per heavy atom. The second kappa shape index (κ2) is 6.14. The lowest BCUT2D eigenvalue weighted by Crippen LogP contribution is -2.49. The number of piperidine rings is 1. The summed E-state index contributed by atoms with van der Waals surface area (Å²) in [6, 6.07) is 0.417. The molecule has 1 aromatic rings. The number of rotatable bonds is 4. The van der Waals surface area contributed by atoms with Crippen molar-refractivity contribution in [1.29, 1.82) is 0 Å². The van der Waals surface area contributed by atoms with E-state index in [-0.39, 0.29) is 0 Å². The van der Waals surface area contributed by atoms with Crippen molar-refractivity contribution < 1.29 is 4.79 Å². The molecule has 0 aromatic carbocycles. The van der Waals surface area contributed by atoms with Crippen molar-refractivity contribution >= 4 is 17.5 Å². The zero-order chi connectivity index (χ0) is 13.9. The maximum absolute atomic E-state index is 11.8. The normalized spacial score (nSPS) is 24.6. The van der Waals surface area contributed by atoms with Gasteiger partial charge in [-0.3, -0.25) is 14.4 Å². The third-order valence-electron chi connectivity index (χ3n) is 4.28. The van der Waals surface area contributed by atoms with Crippen molar-refractivity contribution in [2.24, 2.45) is 0 Å². The highest BCUT2D eigenvalue weighted by Gasteiger charge is 2.31. The summed E-state index contributed by atoms with van der Waals surface area (Å²) >= 11 is 5.87. The third kappa shape index (κ3) is 3.15. The molecule has 0 unspecified atom stereocenters. The minimum absolute atomic E-state index is 0.343. The molecule has 3 rings (SSSR count). The molecule has 3 heterocycles. The molecule has 110 valence electrons. The van der Waals surface area contributed by atoms with E-state index in [1.807, 2.05) is 10.9 Å². The fourth-order valence-corrected chi connectivity index (χ4v) is 3.40. The second-order valence-electron chi connectivity index (χ2n) is 5.71. The van der Waals surface area contributed by atoms with Crippen LogP contribution in [0.4, 0.5) is 0 Å². The van der Waals surface area contributed by atoms with Crippen LogP contribution in [-0.4, -0.2) is 57.7 Å². The highest BCUT2D eigenvalue weighted by Crippen LogP contribution is 2.21. The molecule has 0 radical (unpaired) electrons. The summed E-state index contributed by atoms with van der Waals surface area (Å²) in [6.07, 6.45) is 7.62. The summed E-state index contributed by atoms with van der Waals surface area (Å²) in [4.78, 5) is 16.4. The van der Waals surface area contributed by atoms with Crippen LogP contribution < -0.4 is 0 Å². The number of aromatic nitrogens is 2. The molecule has 5 nitrogen and oxygen atoms in total. The van der Waals surface area contributed by atoms with Crippen molar-refractivity contribution in [3.05, 3.63) is 17.4 Å². The van der Waals surface area contributed by atoms with Crippen molar-refractivity contribution in [2.45, 2.75) is 38.3 Å². The van der Waals surface area contributed by atoms with Crippen LogP contribution >= 0.6 is 11.6 Å². The Kier molecular flexibility index (Phi) is 4.27. The Bertz CT molecular complexity index is 475. The molecule has 0 spiro atoms. The number of halogens is 1. The molecule has 0 bridgehead atoms. The molecular weight excluding hydrogens is 276 g/mol. The summed E-state index contributed by atoms with van der Waals surface area (Å²) < 4.78 is 1.88. The van der Waals surface area contributed by atoms with Gasteiger partial charge in [0.05, 0.1) is 17.8 Å². The van der Waals surface area contributed by atoms with E-state index in [0.29, 0.717) is 17.0 Å². The van der Waals surface area contributed by atoms with Gasteiger partial charge in [-0.2, -0.15) is 5.10 Å². The first-order valence-electron chi connectivity index (χ1n) is 7.42. The molecule has 2 fully saturated rings. The number of carbonyl (C=O) groups is 1. The Morgan fingerprint density at radius 1 is 1.30 bits per heavy atom. The Morgan fingerprint density at radius 3 is 2.90 bits per heavy atom. The maximum atomic E-state index is 11.8. The molecule has 1 aromatic heterocycles. The van der Waals surface area contributed by atoms with E-state index in [1.54, 1.807) is 6.20 Å². The fraction of sp³-hybridized carbons (Fsp3) is 0.714. The van der Waals surface area contributed by atoms with E-state index in [9.17, 15) is 4.79 Å². The second-order valence-corrected chi connectivity index (χ2v) is 6.15. The Hall–Kier alpha value is -1.07. The van der Waals surface area contributed by atoms with Gasteiger partial charge in [-0.1, -0.05) is 11.6 Å². The summed E-state index contributed by atoms with van der Waals surface area (Å²) in [5.74, 6) is 0.343. The van der Waals surface area contributed by atoms with Gasteiger partial charge in [-0.05, 0) is 25.8 Å². The lowest BCUT2D eigenvalue weighted by Gasteiger charge is -2.37. The molecular formula is C14H21ClN4O. The number of amides is 1.